The van der Waals surface area contributed by atoms with E-state index < -0.39 is 0 Å². The van der Waals surface area contributed by atoms with E-state index in [9.17, 15) is 19.2 Å². The molecule has 0 bridgehead atoms. The first kappa shape index (κ1) is 35.6. The summed E-state index contributed by atoms with van der Waals surface area (Å²) in [5, 5.41) is 16.1. The van der Waals surface area contributed by atoms with E-state index >= 15 is 0 Å². The predicted octanol–water partition coefficient (Wildman–Crippen LogP) is 5.91. The minimum atomic E-state index is -0.387. The van der Waals surface area contributed by atoms with Gasteiger partial charge in [-0.3, -0.25) is 29.5 Å². The molecule has 4 aromatic rings. The predicted molar refractivity (Wildman–Crippen MR) is 203 cm³/mol. The molecule has 4 heterocycles. The highest BCUT2D eigenvalue weighted by Crippen LogP contribution is 2.34. The van der Waals surface area contributed by atoms with Crippen molar-refractivity contribution in [3.8, 4) is 11.8 Å². The first-order valence-corrected chi connectivity index (χ1v) is 19.1. The van der Waals surface area contributed by atoms with Crippen molar-refractivity contribution < 1.29 is 23.9 Å². The molecule has 0 spiro atoms. The fraction of sp³-hybridized carbons (Fsp3) is 0.390. The number of benzene rings is 3. The summed E-state index contributed by atoms with van der Waals surface area (Å²) in [7, 11) is 0. The number of amides is 5. The number of anilines is 1. The molecule has 1 saturated carbocycles. The molecule has 8 rings (SSSR count). The lowest BCUT2D eigenvalue weighted by atomic mass is 9.92. The molecular formula is C41H42ClN7O5. The number of carbonyl (C=O) groups is 4. The van der Waals surface area contributed by atoms with Gasteiger partial charge in [0.05, 0.1) is 34.4 Å². The Bertz CT molecular complexity index is 2160. The average molecular weight is 748 g/mol. The van der Waals surface area contributed by atoms with Crippen molar-refractivity contribution in [1.29, 1.82) is 5.26 Å². The number of piperidine rings is 1. The first-order chi connectivity index (χ1) is 26.2. The van der Waals surface area contributed by atoms with Gasteiger partial charge in [-0.2, -0.15) is 5.26 Å². The van der Waals surface area contributed by atoms with E-state index in [1.54, 1.807) is 23.1 Å². The molecule has 0 radical (unpaired) electrons. The van der Waals surface area contributed by atoms with Crippen LogP contribution in [0.5, 0.6) is 5.75 Å². The van der Waals surface area contributed by atoms with Crippen LogP contribution in [0.2, 0.25) is 5.02 Å². The number of ether oxygens (including phenoxy) is 1. The molecule has 12 nitrogen and oxygen atoms in total. The van der Waals surface area contributed by atoms with Crippen molar-refractivity contribution >= 4 is 51.9 Å². The lowest BCUT2D eigenvalue weighted by molar-refractivity contribution is -0.133. The standard InChI is InChI=1S/C41H42ClN7O5/c42-35-21-33(9-6-27(35)22-43)54-32-10-7-30(8-11-32)44-40(52)26-4-5-28-23-47(24-29(28)20-26)39(51)25-46-16-12-31(13-17-46)48-18-14-34-36(48)2-1-3-37(34)49-19-15-38(50)45-41(49)53/h1-6,9,14,18,20-21,30-32H,7-8,10-13,15-17,19,23-25H2,(H,44,52)(H,45,50,53). The Morgan fingerprint density at radius 2 is 1.72 bits per heavy atom. The average Bonchev–Trinajstić information content (AvgIpc) is 3.81. The Hall–Kier alpha value is -5.38. The van der Waals surface area contributed by atoms with Crippen LogP contribution in [0.15, 0.2) is 66.9 Å². The van der Waals surface area contributed by atoms with E-state index in [1.165, 1.54) is 0 Å². The van der Waals surface area contributed by atoms with Crippen LogP contribution in [0.3, 0.4) is 0 Å². The topological polar surface area (TPSA) is 140 Å². The summed E-state index contributed by atoms with van der Waals surface area (Å²) in [5.74, 6) is 0.384. The molecule has 278 valence electrons. The van der Waals surface area contributed by atoms with Crippen LogP contribution < -0.4 is 20.3 Å². The minimum absolute atomic E-state index is 0.0253. The van der Waals surface area contributed by atoms with Crippen molar-refractivity contribution in [3.63, 3.8) is 0 Å². The zero-order chi connectivity index (χ0) is 37.3. The lowest BCUT2D eigenvalue weighted by Gasteiger charge is -2.33. The fourth-order valence-electron chi connectivity index (χ4n) is 8.33. The molecule has 2 saturated heterocycles. The molecular weight excluding hydrogens is 706 g/mol. The molecule has 0 unspecified atom stereocenters. The van der Waals surface area contributed by atoms with Crippen LogP contribution in [0, 0.1) is 11.3 Å². The van der Waals surface area contributed by atoms with E-state index in [-0.39, 0.29) is 48.4 Å². The molecule has 5 amide bonds. The number of hydrogen-bond donors (Lipinski definition) is 2. The summed E-state index contributed by atoms with van der Waals surface area (Å²) in [6.07, 6.45) is 7.40. The number of imide groups is 1. The number of nitrogens with zero attached hydrogens (tertiary/aromatic N) is 5. The Labute approximate surface area is 318 Å². The third kappa shape index (κ3) is 7.39. The van der Waals surface area contributed by atoms with Gasteiger partial charge in [-0.15, -0.1) is 0 Å². The molecule has 13 heteroatoms. The Morgan fingerprint density at radius 1 is 0.926 bits per heavy atom. The molecule has 4 aliphatic rings. The normalized spacial score (nSPS) is 20.7. The summed E-state index contributed by atoms with van der Waals surface area (Å²) < 4.78 is 8.38. The van der Waals surface area contributed by atoms with Crippen molar-refractivity contribution in [3.05, 3.63) is 94.1 Å². The third-order valence-corrected chi connectivity index (χ3v) is 11.6. The van der Waals surface area contributed by atoms with Gasteiger partial charge in [-0.25, -0.2) is 4.79 Å². The monoisotopic (exact) mass is 747 g/mol. The number of hydrogen-bond acceptors (Lipinski definition) is 7. The molecule has 54 heavy (non-hydrogen) atoms. The number of likely N-dealkylation sites (tertiary alicyclic amines) is 1. The highest BCUT2D eigenvalue weighted by molar-refractivity contribution is 6.31. The zero-order valence-electron chi connectivity index (χ0n) is 29.9. The quantitative estimate of drug-likeness (QED) is 0.228. The van der Waals surface area contributed by atoms with Crippen LogP contribution in [0.25, 0.3) is 10.9 Å². The van der Waals surface area contributed by atoms with Gasteiger partial charge in [0.2, 0.25) is 11.8 Å². The summed E-state index contributed by atoms with van der Waals surface area (Å²) in [6, 6.07) is 20.8. The largest absolute Gasteiger partial charge is 0.490 e. The molecule has 2 N–H and O–H groups in total. The van der Waals surface area contributed by atoms with Crippen LogP contribution in [0.4, 0.5) is 10.5 Å². The smallest absolute Gasteiger partial charge is 0.328 e. The van der Waals surface area contributed by atoms with Crippen LogP contribution >= 0.6 is 11.6 Å². The van der Waals surface area contributed by atoms with Gasteiger partial charge >= 0.3 is 6.03 Å². The van der Waals surface area contributed by atoms with Gasteiger partial charge in [0.15, 0.2) is 0 Å². The number of nitriles is 1. The first-order valence-electron chi connectivity index (χ1n) is 18.7. The molecule has 3 aromatic carbocycles. The van der Waals surface area contributed by atoms with E-state index in [4.69, 9.17) is 21.6 Å². The molecule has 3 fully saturated rings. The number of aromatic nitrogens is 1. The second kappa shape index (κ2) is 15.2. The van der Waals surface area contributed by atoms with E-state index in [0.29, 0.717) is 48.1 Å². The second-order valence-corrected chi connectivity index (χ2v) is 15.2. The number of carbonyl (C=O) groups excluding carboxylic acids is 4. The van der Waals surface area contributed by atoms with Gasteiger partial charge in [-0.05, 0) is 92.1 Å². The maximum atomic E-state index is 13.5. The molecule has 1 aromatic heterocycles. The second-order valence-electron chi connectivity index (χ2n) is 14.7. The zero-order valence-corrected chi connectivity index (χ0v) is 30.7. The molecule has 1 aliphatic carbocycles. The number of halogens is 1. The van der Waals surface area contributed by atoms with Crippen LogP contribution in [-0.2, 0) is 22.7 Å². The van der Waals surface area contributed by atoms with Crippen molar-refractivity contribution in [2.24, 2.45) is 0 Å². The summed E-state index contributed by atoms with van der Waals surface area (Å²) >= 11 is 6.16. The lowest BCUT2D eigenvalue weighted by Crippen LogP contribution is -2.49. The van der Waals surface area contributed by atoms with Gasteiger partial charge < -0.3 is 19.5 Å². The van der Waals surface area contributed by atoms with Gasteiger partial charge in [-0.1, -0.05) is 23.7 Å². The van der Waals surface area contributed by atoms with Crippen molar-refractivity contribution in [1.82, 2.24) is 25.0 Å². The fourth-order valence-corrected chi connectivity index (χ4v) is 8.54. The third-order valence-electron chi connectivity index (χ3n) is 11.3. The maximum Gasteiger partial charge on any atom is 0.328 e. The highest BCUT2D eigenvalue weighted by atomic mass is 35.5. The number of rotatable bonds is 8. The molecule has 3 aliphatic heterocycles. The summed E-state index contributed by atoms with van der Waals surface area (Å²) in [6.45, 7) is 3.36. The summed E-state index contributed by atoms with van der Waals surface area (Å²) in [4.78, 5) is 56.7. The Kier molecular flexibility index (Phi) is 10.0. The highest BCUT2D eigenvalue weighted by Gasteiger charge is 2.30. The van der Waals surface area contributed by atoms with E-state index in [1.807, 2.05) is 41.3 Å². The Balaban J connectivity index is 0.802. The van der Waals surface area contributed by atoms with Gasteiger partial charge in [0, 0.05) is 74.4 Å². The van der Waals surface area contributed by atoms with Gasteiger partial charge in [0.1, 0.15) is 11.8 Å². The number of nitrogens with one attached hydrogen (secondary N) is 2. The SMILES string of the molecule is N#Cc1ccc(OC2CCC(NC(=O)c3ccc4c(c3)CN(C(=O)CN3CCC(n5ccc6c(N7CCC(=O)NC7=O)cccc65)CC3)C4)CC2)cc1Cl. The van der Waals surface area contributed by atoms with Crippen molar-refractivity contribution in [2.75, 3.05) is 31.1 Å². The van der Waals surface area contributed by atoms with Gasteiger partial charge in [0.25, 0.3) is 5.91 Å². The van der Waals surface area contributed by atoms with E-state index in [0.717, 1.165) is 79.3 Å². The van der Waals surface area contributed by atoms with E-state index in [2.05, 4.69) is 38.4 Å². The van der Waals surface area contributed by atoms with Crippen LogP contribution in [-0.4, -0.2) is 76.4 Å². The van der Waals surface area contributed by atoms with Crippen molar-refractivity contribution in [2.45, 2.75) is 76.2 Å². The Morgan fingerprint density at radius 3 is 2.48 bits per heavy atom. The summed E-state index contributed by atoms with van der Waals surface area (Å²) in [5.41, 5.74) is 4.97. The number of urea groups is 1. The molecule has 0 atom stereocenters. The minimum Gasteiger partial charge on any atom is -0.490 e. The number of fused-ring (bicyclic) bond motifs is 2. The maximum absolute atomic E-state index is 13.5. The van der Waals surface area contributed by atoms with Crippen LogP contribution in [0.1, 0.15) is 78.0 Å².